The number of hydrogen-bond acceptors (Lipinski definition) is 4. The highest BCUT2D eigenvalue weighted by atomic mass is 16.5. The summed E-state index contributed by atoms with van der Waals surface area (Å²) in [6.45, 7) is 0.448. The topological polar surface area (TPSA) is 71.5 Å². The smallest absolute Gasteiger partial charge is 0.272 e. The van der Waals surface area contributed by atoms with Gasteiger partial charge < -0.3 is 4.74 Å². The molecular weight excluding hydrogens is 342 g/mol. The molecule has 0 unspecified atom stereocenters. The summed E-state index contributed by atoms with van der Waals surface area (Å²) in [5.41, 5.74) is 4.77. The Bertz CT molecular complexity index is 971. The van der Waals surface area contributed by atoms with E-state index in [-0.39, 0.29) is 11.8 Å². The van der Waals surface area contributed by atoms with Gasteiger partial charge in [0.2, 0.25) is 0 Å². The zero-order chi connectivity index (χ0) is 18.6. The van der Waals surface area contributed by atoms with Crippen LogP contribution in [0.5, 0.6) is 11.5 Å². The van der Waals surface area contributed by atoms with Gasteiger partial charge in [-0.2, -0.15) is 0 Å². The molecule has 27 heavy (non-hydrogen) atoms. The lowest BCUT2D eigenvalue weighted by molar-refractivity contribution is 0.0568. The van der Waals surface area contributed by atoms with E-state index in [1.807, 2.05) is 18.2 Å². The zero-order valence-electron chi connectivity index (χ0n) is 14.5. The van der Waals surface area contributed by atoms with Crippen molar-refractivity contribution < 1.29 is 14.3 Å². The Balaban J connectivity index is 1.42. The molecule has 0 aliphatic carbocycles. The molecule has 6 nitrogen and oxygen atoms in total. The molecule has 134 valence electrons. The average Bonchev–Trinajstić information content (AvgIpc) is 2.71. The van der Waals surface area contributed by atoms with E-state index in [9.17, 15) is 9.59 Å². The van der Waals surface area contributed by atoms with Crippen molar-refractivity contribution in [2.75, 3.05) is 6.54 Å². The van der Waals surface area contributed by atoms with E-state index in [1.54, 1.807) is 54.9 Å². The highest BCUT2D eigenvalue weighted by Gasteiger charge is 2.25. The van der Waals surface area contributed by atoms with Crippen LogP contribution in [0.15, 0.2) is 73.1 Å². The number of benzene rings is 2. The molecule has 1 aliphatic heterocycles. The van der Waals surface area contributed by atoms with Crippen molar-refractivity contribution >= 4 is 11.8 Å². The number of aromatic nitrogens is 1. The fourth-order valence-electron chi connectivity index (χ4n) is 2.94. The van der Waals surface area contributed by atoms with Crippen LogP contribution in [0.3, 0.4) is 0 Å². The number of rotatable bonds is 4. The Hall–Kier alpha value is -3.67. The van der Waals surface area contributed by atoms with E-state index in [0.29, 0.717) is 35.6 Å². The molecule has 0 atom stereocenters. The van der Waals surface area contributed by atoms with E-state index < -0.39 is 0 Å². The summed E-state index contributed by atoms with van der Waals surface area (Å²) < 4.78 is 5.66. The van der Waals surface area contributed by atoms with Crippen LogP contribution in [0.4, 0.5) is 0 Å². The number of hydrogen-bond donors (Lipinski definition) is 1. The first-order chi connectivity index (χ1) is 13.2. The molecule has 2 amide bonds. The summed E-state index contributed by atoms with van der Waals surface area (Å²) in [4.78, 5) is 29.0. The van der Waals surface area contributed by atoms with Crippen molar-refractivity contribution in [3.05, 3.63) is 89.7 Å². The van der Waals surface area contributed by atoms with Gasteiger partial charge in [0.25, 0.3) is 11.8 Å². The zero-order valence-corrected chi connectivity index (χ0v) is 14.5. The van der Waals surface area contributed by atoms with Crippen LogP contribution in [0.25, 0.3) is 0 Å². The second kappa shape index (κ2) is 7.29. The average molecular weight is 359 g/mol. The predicted octanol–water partition coefficient (Wildman–Crippen LogP) is 3.22. The summed E-state index contributed by atoms with van der Waals surface area (Å²) in [7, 11) is 0. The molecule has 1 N–H and O–H groups in total. The fourth-order valence-corrected chi connectivity index (χ4v) is 2.94. The van der Waals surface area contributed by atoms with E-state index in [4.69, 9.17) is 4.74 Å². The Labute approximate surface area is 156 Å². The lowest BCUT2D eigenvalue weighted by Gasteiger charge is -2.28. The molecule has 0 spiro atoms. The van der Waals surface area contributed by atoms with Crippen molar-refractivity contribution in [3.63, 3.8) is 0 Å². The van der Waals surface area contributed by atoms with Crippen LogP contribution in [-0.4, -0.2) is 28.4 Å². The number of fused-ring (bicyclic) bond motifs is 1. The number of amides is 2. The van der Waals surface area contributed by atoms with Gasteiger partial charge in [0.1, 0.15) is 11.5 Å². The summed E-state index contributed by atoms with van der Waals surface area (Å²) in [6.07, 6.45) is 3.99. The molecule has 6 heteroatoms. The van der Waals surface area contributed by atoms with Gasteiger partial charge in [-0.15, -0.1) is 0 Å². The third kappa shape index (κ3) is 3.64. The molecule has 2 heterocycles. The lowest BCUT2D eigenvalue weighted by Crippen LogP contribution is -2.49. The summed E-state index contributed by atoms with van der Waals surface area (Å²) in [5.74, 6) is 0.687. The summed E-state index contributed by atoms with van der Waals surface area (Å²) >= 11 is 0. The normalized spacial score (nSPS) is 13.0. The number of nitrogens with zero attached hydrogens (tertiary/aromatic N) is 2. The lowest BCUT2D eigenvalue weighted by atomic mass is 10.0. The first kappa shape index (κ1) is 16.8. The minimum atomic E-state index is -0.337. The van der Waals surface area contributed by atoms with Crippen molar-refractivity contribution in [2.24, 2.45) is 0 Å². The van der Waals surface area contributed by atoms with Gasteiger partial charge in [0, 0.05) is 23.9 Å². The first-order valence-corrected chi connectivity index (χ1v) is 8.59. The predicted molar refractivity (Wildman–Crippen MR) is 99.4 cm³/mol. The van der Waals surface area contributed by atoms with Crippen LogP contribution in [0, 0.1) is 0 Å². The third-order valence-corrected chi connectivity index (χ3v) is 4.32. The van der Waals surface area contributed by atoms with Crippen molar-refractivity contribution in [3.8, 4) is 11.5 Å². The molecule has 0 radical (unpaired) electrons. The monoisotopic (exact) mass is 359 g/mol. The number of pyridine rings is 1. The van der Waals surface area contributed by atoms with Crippen LogP contribution in [-0.2, 0) is 6.42 Å². The molecule has 1 aliphatic rings. The standard InChI is InChI=1S/C21H17N3O3/c25-20(23-24-13-11-15-4-1-2-6-19(15)21(24)26)16-7-9-17(10-8-16)27-18-5-3-12-22-14-18/h1-10,12,14H,11,13H2,(H,23,25). The van der Waals surface area contributed by atoms with Gasteiger partial charge in [-0.25, -0.2) is 5.01 Å². The van der Waals surface area contributed by atoms with Gasteiger partial charge in [-0.1, -0.05) is 18.2 Å². The van der Waals surface area contributed by atoms with Crippen molar-refractivity contribution in [1.82, 2.24) is 15.4 Å². The maximum atomic E-state index is 12.5. The van der Waals surface area contributed by atoms with E-state index in [2.05, 4.69) is 10.4 Å². The van der Waals surface area contributed by atoms with Crippen molar-refractivity contribution in [1.29, 1.82) is 0 Å². The van der Waals surface area contributed by atoms with E-state index >= 15 is 0 Å². The van der Waals surface area contributed by atoms with Crippen LogP contribution in [0.2, 0.25) is 0 Å². The minimum absolute atomic E-state index is 0.193. The quantitative estimate of drug-likeness (QED) is 0.776. The molecule has 0 saturated heterocycles. The number of carbonyl (C=O) groups excluding carboxylic acids is 2. The van der Waals surface area contributed by atoms with Gasteiger partial charge in [0.15, 0.2) is 0 Å². The molecule has 1 aromatic heterocycles. The second-order valence-corrected chi connectivity index (χ2v) is 6.12. The highest BCUT2D eigenvalue weighted by Crippen LogP contribution is 2.21. The van der Waals surface area contributed by atoms with Crippen LogP contribution < -0.4 is 10.2 Å². The van der Waals surface area contributed by atoms with Crippen LogP contribution in [0.1, 0.15) is 26.3 Å². The SMILES string of the molecule is O=C(NN1CCc2ccccc2C1=O)c1ccc(Oc2cccnc2)cc1. The number of hydrazine groups is 1. The van der Waals surface area contributed by atoms with Gasteiger partial charge in [0.05, 0.1) is 6.20 Å². The molecule has 3 aromatic rings. The van der Waals surface area contributed by atoms with Crippen LogP contribution >= 0.6 is 0 Å². The van der Waals surface area contributed by atoms with Crippen molar-refractivity contribution in [2.45, 2.75) is 6.42 Å². The van der Waals surface area contributed by atoms with Gasteiger partial charge >= 0.3 is 0 Å². The van der Waals surface area contributed by atoms with E-state index in [0.717, 1.165) is 5.56 Å². The maximum Gasteiger partial charge on any atom is 0.272 e. The van der Waals surface area contributed by atoms with Gasteiger partial charge in [-0.05, 0) is 54.4 Å². The Kier molecular flexibility index (Phi) is 4.53. The molecule has 2 aromatic carbocycles. The summed E-state index contributed by atoms with van der Waals surface area (Å²) in [5, 5.41) is 1.37. The second-order valence-electron chi connectivity index (χ2n) is 6.12. The molecule has 0 fully saturated rings. The Morgan fingerprint density at radius 1 is 1.00 bits per heavy atom. The first-order valence-electron chi connectivity index (χ1n) is 8.59. The summed E-state index contributed by atoms with van der Waals surface area (Å²) in [6, 6.07) is 17.8. The van der Waals surface area contributed by atoms with Gasteiger partial charge in [-0.3, -0.25) is 20.0 Å². The number of ether oxygens (including phenoxy) is 1. The Morgan fingerprint density at radius 2 is 1.81 bits per heavy atom. The maximum absolute atomic E-state index is 12.5. The molecule has 4 rings (SSSR count). The largest absolute Gasteiger partial charge is 0.456 e. The third-order valence-electron chi connectivity index (χ3n) is 4.32. The molecule has 0 saturated carbocycles. The molecular formula is C21H17N3O3. The van der Waals surface area contributed by atoms with E-state index in [1.165, 1.54) is 5.01 Å². The Morgan fingerprint density at radius 3 is 2.59 bits per heavy atom. The fraction of sp³-hybridized carbons (Fsp3) is 0.0952. The molecule has 0 bridgehead atoms. The number of carbonyl (C=O) groups is 2. The number of nitrogens with one attached hydrogen (secondary N) is 1. The highest BCUT2D eigenvalue weighted by molar-refractivity contribution is 6.00. The minimum Gasteiger partial charge on any atom is -0.456 e.